The molecule has 0 aliphatic carbocycles. The molecule has 0 radical (unpaired) electrons. The van der Waals surface area contributed by atoms with Crippen molar-refractivity contribution in [1.29, 1.82) is 0 Å². The van der Waals surface area contributed by atoms with E-state index >= 15 is 0 Å². The van der Waals surface area contributed by atoms with Crippen LogP contribution < -0.4 is 26.2 Å². The Bertz CT molecular complexity index is 5020. The van der Waals surface area contributed by atoms with E-state index < -0.39 is 0 Å². The normalized spacial score (nSPS) is 13.3. The molecule has 480 valence electrons. The van der Waals surface area contributed by atoms with Crippen LogP contribution in [0.2, 0.25) is 5.02 Å². The molecule has 0 bridgehead atoms. The fraction of sp³-hybridized carbons (Fsp3) is 0.217. The van der Waals surface area contributed by atoms with Gasteiger partial charge in [-0.3, -0.25) is 0 Å². The molecule has 0 fully saturated rings. The molecule has 1 aromatic heterocycles. The van der Waals surface area contributed by atoms with Crippen LogP contribution in [-0.2, 0) is 27.1 Å². The molecule has 0 saturated heterocycles. The second-order valence-corrected chi connectivity index (χ2v) is 32.9. The van der Waals surface area contributed by atoms with E-state index in [1.54, 1.807) is 0 Å². The van der Waals surface area contributed by atoms with Gasteiger partial charge in [0.2, 0.25) is 0 Å². The third-order valence-corrected chi connectivity index (χ3v) is 20.8. The fourth-order valence-corrected chi connectivity index (χ4v) is 15.2. The summed E-state index contributed by atoms with van der Waals surface area (Å²) in [5.41, 5.74) is 31.1. The quantitative estimate of drug-likeness (QED) is 0.141. The highest BCUT2D eigenvalue weighted by Crippen LogP contribution is 2.54. The maximum absolute atomic E-state index is 8.07. The van der Waals surface area contributed by atoms with Gasteiger partial charge in [0.15, 0.2) is 0 Å². The molecule has 0 amide bonds. The first-order valence-corrected chi connectivity index (χ1v) is 35.1. The molecule has 0 saturated carbocycles. The van der Waals surface area contributed by atoms with E-state index in [1.807, 2.05) is 0 Å². The summed E-state index contributed by atoms with van der Waals surface area (Å²) in [4.78, 5) is 5.18. The number of fused-ring (bicyclic) bond motifs is 7. The maximum atomic E-state index is 8.07. The first kappa shape index (κ1) is 63.4. The molecular formula is C92H87BClN3. The standard InChI is InChI=1S/C92H87BClN3/c1-88(2,3)66-37-42-80-76(51-66)77-52-67(89(4,5)6)38-43-81(77)95(80)72-39-41-79-83(57-72)97(87-74(60-32-24-18-25-33-60)53-70(92(13,14)15)54-75(87)61-34-26-19-27-35-61)85-56-71(94)55-84-86(85)93(79)78-40-36-62(65-45-68(90(7,8)9)50-69(46-65)91(10,11)12)49-82(78)96(84)73-47-63(58-28-20-16-21-29-58)44-64(48-73)59-30-22-17-23-31-59/h16-57H,1-15H3. The fourth-order valence-electron chi connectivity index (χ4n) is 15.0. The molecule has 13 aromatic rings. The van der Waals surface area contributed by atoms with Gasteiger partial charge in [-0.1, -0.05) is 285 Å². The molecule has 3 nitrogen and oxygen atoms in total. The lowest BCUT2D eigenvalue weighted by atomic mass is 9.33. The monoisotopic (exact) mass is 1280 g/mol. The number of aromatic nitrogens is 1. The van der Waals surface area contributed by atoms with Gasteiger partial charge >= 0.3 is 0 Å². The zero-order valence-electron chi connectivity index (χ0n) is 59.0. The molecule has 2 aliphatic heterocycles. The summed E-state index contributed by atoms with van der Waals surface area (Å²) in [6, 6.07) is 96.9. The summed E-state index contributed by atoms with van der Waals surface area (Å²) in [6.45, 7) is 34.7. The smallest absolute Gasteiger partial charge is 0.252 e. The summed E-state index contributed by atoms with van der Waals surface area (Å²) in [5.74, 6) is 0. The van der Waals surface area contributed by atoms with Gasteiger partial charge in [0.05, 0.1) is 16.7 Å². The number of anilines is 6. The Labute approximate surface area is 581 Å². The minimum absolute atomic E-state index is 0.0487. The van der Waals surface area contributed by atoms with Gasteiger partial charge in [0.25, 0.3) is 6.71 Å². The summed E-state index contributed by atoms with van der Waals surface area (Å²) in [6.07, 6.45) is 0. The maximum Gasteiger partial charge on any atom is 0.252 e. The van der Waals surface area contributed by atoms with E-state index in [-0.39, 0.29) is 33.8 Å². The van der Waals surface area contributed by atoms with Gasteiger partial charge in [-0.2, -0.15) is 0 Å². The van der Waals surface area contributed by atoms with Gasteiger partial charge in [0.1, 0.15) is 0 Å². The van der Waals surface area contributed by atoms with E-state index in [1.165, 1.54) is 71.6 Å². The number of nitrogens with zero attached hydrogens (tertiary/aromatic N) is 3. The molecule has 0 atom stereocenters. The van der Waals surface area contributed by atoms with Crippen molar-refractivity contribution in [3.8, 4) is 61.3 Å². The Kier molecular flexibility index (Phi) is 15.2. The van der Waals surface area contributed by atoms with E-state index in [4.69, 9.17) is 11.6 Å². The highest BCUT2D eigenvalue weighted by atomic mass is 35.5. The lowest BCUT2D eigenvalue weighted by Crippen LogP contribution is -2.61. The zero-order chi connectivity index (χ0) is 67.8. The Morgan fingerprint density at radius 1 is 0.278 bits per heavy atom. The van der Waals surface area contributed by atoms with Gasteiger partial charge in [0, 0.05) is 61.0 Å². The third-order valence-electron chi connectivity index (χ3n) is 20.5. The number of hydrogen-bond donors (Lipinski definition) is 0. The van der Waals surface area contributed by atoms with E-state index in [0.717, 1.165) is 89.9 Å². The summed E-state index contributed by atoms with van der Waals surface area (Å²) in [5, 5.41) is 3.16. The molecule has 0 N–H and O–H groups in total. The predicted octanol–water partition coefficient (Wildman–Crippen LogP) is 24.3. The summed E-state index contributed by atoms with van der Waals surface area (Å²) < 4.78 is 2.53. The van der Waals surface area contributed by atoms with Crippen LogP contribution in [0.5, 0.6) is 0 Å². The minimum Gasteiger partial charge on any atom is -0.311 e. The van der Waals surface area contributed by atoms with Crippen molar-refractivity contribution in [1.82, 2.24) is 4.57 Å². The third kappa shape index (κ3) is 11.4. The summed E-state index contributed by atoms with van der Waals surface area (Å²) >= 11 is 8.07. The number of benzene rings is 12. The van der Waals surface area contributed by atoms with E-state index in [2.05, 4.69) is 373 Å². The largest absolute Gasteiger partial charge is 0.311 e. The molecule has 12 aromatic carbocycles. The molecule has 0 spiro atoms. The second-order valence-electron chi connectivity index (χ2n) is 32.5. The number of rotatable bonds is 8. The van der Waals surface area contributed by atoms with Crippen LogP contribution in [0.3, 0.4) is 0 Å². The van der Waals surface area contributed by atoms with Crippen LogP contribution >= 0.6 is 11.6 Å². The highest BCUT2D eigenvalue weighted by molar-refractivity contribution is 7.00. The van der Waals surface area contributed by atoms with Crippen molar-refractivity contribution < 1.29 is 0 Å². The number of hydrogen-bond acceptors (Lipinski definition) is 2. The van der Waals surface area contributed by atoms with Crippen molar-refractivity contribution >= 4 is 90.6 Å². The van der Waals surface area contributed by atoms with Gasteiger partial charge in [-0.05, 0) is 201 Å². The second kappa shape index (κ2) is 23.3. The molecule has 2 aliphatic rings. The van der Waals surface area contributed by atoms with Crippen LogP contribution in [0, 0.1) is 0 Å². The molecular weight excluding hydrogens is 1190 g/mol. The van der Waals surface area contributed by atoms with Gasteiger partial charge in [-0.15, -0.1) is 0 Å². The first-order valence-electron chi connectivity index (χ1n) is 34.7. The molecule has 3 heterocycles. The topological polar surface area (TPSA) is 11.4 Å². The Morgan fingerprint density at radius 3 is 1.13 bits per heavy atom. The van der Waals surface area contributed by atoms with Crippen molar-refractivity contribution in [2.24, 2.45) is 0 Å². The van der Waals surface area contributed by atoms with Crippen molar-refractivity contribution in [2.45, 2.75) is 131 Å². The Hall–Kier alpha value is -9.61. The average Bonchev–Trinajstić information content (AvgIpc) is 0.855. The Morgan fingerprint density at radius 2 is 0.680 bits per heavy atom. The van der Waals surface area contributed by atoms with E-state index in [9.17, 15) is 0 Å². The van der Waals surface area contributed by atoms with Crippen LogP contribution in [-0.4, -0.2) is 11.3 Å². The highest BCUT2D eigenvalue weighted by Gasteiger charge is 2.45. The number of halogens is 1. The van der Waals surface area contributed by atoms with Crippen LogP contribution in [0.4, 0.5) is 34.1 Å². The molecule has 5 heteroatoms. The summed E-state index contributed by atoms with van der Waals surface area (Å²) in [7, 11) is 0. The van der Waals surface area contributed by atoms with Crippen molar-refractivity contribution in [2.75, 3.05) is 9.80 Å². The predicted molar refractivity (Wildman–Crippen MR) is 420 cm³/mol. The zero-order valence-corrected chi connectivity index (χ0v) is 59.8. The van der Waals surface area contributed by atoms with Crippen LogP contribution in [0.25, 0.3) is 83.1 Å². The SMILES string of the molecule is CC(C)(C)c1cc(-c2ccc3c(c2)N(c2cc(-c4ccccc4)cc(-c4ccccc4)c2)c2cc(Cl)cc4c2B3c2ccc(-n3c5ccc(C(C)(C)C)cc5c5cc(C(C)(C)C)ccc53)cc2N4c2c(-c3ccccc3)cc(C(C)(C)C)cc2-c2ccccc2)cc(C(C)(C)C)c1. The molecule has 15 rings (SSSR count). The Balaban J connectivity index is 1.09. The average molecular weight is 1280 g/mol. The van der Waals surface area contributed by atoms with E-state index in [0.29, 0.717) is 5.02 Å². The minimum atomic E-state index is -0.226. The van der Waals surface area contributed by atoms with Crippen LogP contribution in [0.1, 0.15) is 132 Å². The van der Waals surface area contributed by atoms with Crippen LogP contribution in [0.15, 0.2) is 255 Å². The van der Waals surface area contributed by atoms with Crippen molar-refractivity contribution in [3.05, 3.63) is 288 Å². The molecule has 97 heavy (non-hydrogen) atoms. The lowest BCUT2D eigenvalue weighted by molar-refractivity contribution is 0.569. The molecule has 0 unspecified atom stereocenters. The lowest BCUT2D eigenvalue weighted by Gasteiger charge is -2.45. The first-order chi connectivity index (χ1) is 46.2. The van der Waals surface area contributed by atoms with Gasteiger partial charge in [-0.25, -0.2) is 0 Å². The van der Waals surface area contributed by atoms with Gasteiger partial charge < -0.3 is 14.4 Å². The van der Waals surface area contributed by atoms with Crippen molar-refractivity contribution in [3.63, 3.8) is 0 Å².